The summed E-state index contributed by atoms with van der Waals surface area (Å²) >= 11 is 0. The van der Waals surface area contributed by atoms with Crippen LogP contribution in [-0.4, -0.2) is 73.0 Å². The van der Waals surface area contributed by atoms with Gasteiger partial charge in [0.2, 0.25) is 11.8 Å². The van der Waals surface area contributed by atoms with Crippen LogP contribution in [-0.2, 0) is 19.1 Å². The van der Waals surface area contributed by atoms with Gasteiger partial charge >= 0.3 is 5.97 Å². The number of likely N-dealkylation sites (N-methyl/N-ethyl adjacent to an activating group) is 2. The van der Waals surface area contributed by atoms with E-state index in [0.717, 1.165) is 19.4 Å². The molecule has 7 heteroatoms. The first-order chi connectivity index (χ1) is 13.8. The van der Waals surface area contributed by atoms with Gasteiger partial charge in [-0.2, -0.15) is 0 Å². The minimum atomic E-state index is -0.665. The number of hydrogen-bond donors (Lipinski definition) is 1. The number of hydrogen-bond acceptors (Lipinski definition) is 5. The Morgan fingerprint density at radius 2 is 1.87 bits per heavy atom. The molecule has 0 aliphatic carbocycles. The fourth-order valence-electron chi connectivity index (χ4n) is 3.80. The van der Waals surface area contributed by atoms with E-state index >= 15 is 0 Å². The number of nitrogens with zero attached hydrogens (tertiary/aromatic N) is 2. The van der Waals surface area contributed by atoms with E-state index in [0.29, 0.717) is 12.2 Å². The van der Waals surface area contributed by atoms with Gasteiger partial charge in [0.05, 0.1) is 18.7 Å². The lowest BCUT2D eigenvalue weighted by Gasteiger charge is -2.38. The van der Waals surface area contributed by atoms with E-state index in [1.165, 1.54) is 0 Å². The Balaban J connectivity index is 3.09. The molecule has 0 saturated carbocycles. The van der Waals surface area contributed by atoms with Crippen LogP contribution >= 0.6 is 0 Å². The maximum absolute atomic E-state index is 13.5. The number of nitrogens with one attached hydrogen (secondary N) is 1. The summed E-state index contributed by atoms with van der Waals surface area (Å²) in [7, 11) is 3.67. The zero-order valence-electron chi connectivity index (χ0n) is 20.2. The molecule has 1 aliphatic heterocycles. The Morgan fingerprint density at radius 3 is 2.30 bits per heavy atom. The summed E-state index contributed by atoms with van der Waals surface area (Å²) in [6.45, 7) is 14.5. The molecule has 1 aliphatic rings. The van der Waals surface area contributed by atoms with Crippen LogP contribution in [0.2, 0.25) is 0 Å². The summed E-state index contributed by atoms with van der Waals surface area (Å²) in [6, 6.07) is -1.15. The fraction of sp³-hybridized carbons (Fsp3) is 0.783. The molecule has 1 saturated heterocycles. The second-order valence-corrected chi connectivity index (χ2v) is 9.70. The number of ether oxygens (including phenoxy) is 1. The Kier molecular flexibility index (Phi) is 9.53. The summed E-state index contributed by atoms with van der Waals surface area (Å²) in [5.74, 6) is -0.561. The molecular formula is C23H41N3O4. The molecule has 0 spiro atoms. The van der Waals surface area contributed by atoms with Crippen LogP contribution in [0.3, 0.4) is 0 Å². The number of esters is 1. The normalized spacial score (nSPS) is 20.1. The van der Waals surface area contributed by atoms with E-state index in [-0.39, 0.29) is 35.8 Å². The SMILES string of the molecule is CCOC(=O)C(C)=C[C@H](C(C)C)N(C)C(=O)[C@@H](NC(=O)C1CCCN1C)C(C)(C)C. The third-order valence-corrected chi connectivity index (χ3v) is 5.72. The van der Waals surface area contributed by atoms with E-state index in [1.807, 2.05) is 46.6 Å². The van der Waals surface area contributed by atoms with Crippen LogP contribution in [0.15, 0.2) is 11.6 Å². The second kappa shape index (κ2) is 10.9. The molecule has 1 unspecified atom stereocenters. The Morgan fingerprint density at radius 1 is 1.27 bits per heavy atom. The monoisotopic (exact) mass is 423 g/mol. The number of carbonyl (C=O) groups excluding carboxylic acids is 3. The molecule has 0 aromatic rings. The van der Waals surface area contributed by atoms with Gasteiger partial charge < -0.3 is 15.0 Å². The molecule has 1 fully saturated rings. The summed E-state index contributed by atoms with van der Waals surface area (Å²) in [5, 5.41) is 3.02. The smallest absolute Gasteiger partial charge is 0.333 e. The molecular weight excluding hydrogens is 382 g/mol. The van der Waals surface area contributed by atoms with Crippen molar-refractivity contribution in [2.24, 2.45) is 11.3 Å². The molecule has 0 aromatic carbocycles. The van der Waals surface area contributed by atoms with Gasteiger partial charge in [-0.3, -0.25) is 14.5 Å². The molecule has 1 rings (SSSR count). The minimum absolute atomic E-state index is 0.0839. The quantitative estimate of drug-likeness (QED) is 0.480. The summed E-state index contributed by atoms with van der Waals surface area (Å²) < 4.78 is 5.07. The van der Waals surface area contributed by atoms with Crippen molar-refractivity contribution in [1.82, 2.24) is 15.1 Å². The largest absolute Gasteiger partial charge is 0.463 e. The molecule has 172 valence electrons. The third-order valence-electron chi connectivity index (χ3n) is 5.72. The highest BCUT2D eigenvalue weighted by molar-refractivity contribution is 5.91. The average Bonchev–Trinajstić information content (AvgIpc) is 3.07. The minimum Gasteiger partial charge on any atom is -0.463 e. The number of amides is 2. The van der Waals surface area contributed by atoms with E-state index in [2.05, 4.69) is 5.32 Å². The zero-order chi connectivity index (χ0) is 23.2. The fourth-order valence-corrected chi connectivity index (χ4v) is 3.80. The van der Waals surface area contributed by atoms with Crippen molar-refractivity contribution in [2.45, 2.75) is 79.4 Å². The predicted octanol–water partition coefficient (Wildman–Crippen LogP) is 2.60. The molecule has 2 amide bonds. The van der Waals surface area contributed by atoms with E-state index in [9.17, 15) is 14.4 Å². The van der Waals surface area contributed by atoms with Crippen molar-refractivity contribution in [3.8, 4) is 0 Å². The van der Waals surface area contributed by atoms with Crippen molar-refractivity contribution >= 4 is 17.8 Å². The third kappa shape index (κ3) is 6.83. The number of carbonyl (C=O) groups is 3. The van der Waals surface area contributed by atoms with Crippen LogP contribution in [0.25, 0.3) is 0 Å². The maximum atomic E-state index is 13.5. The first-order valence-corrected chi connectivity index (χ1v) is 10.9. The van der Waals surface area contributed by atoms with Crippen LogP contribution in [0.4, 0.5) is 0 Å². The molecule has 0 aromatic heterocycles. The van der Waals surface area contributed by atoms with E-state index < -0.39 is 11.5 Å². The van der Waals surface area contributed by atoms with Crippen molar-refractivity contribution in [3.63, 3.8) is 0 Å². The Labute approximate surface area is 182 Å². The van der Waals surface area contributed by atoms with Gasteiger partial charge in [0.15, 0.2) is 0 Å². The molecule has 3 atom stereocenters. The predicted molar refractivity (Wildman–Crippen MR) is 119 cm³/mol. The van der Waals surface area contributed by atoms with Crippen molar-refractivity contribution in [2.75, 3.05) is 27.2 Å². The van der Waals surface area contributed by atoms with E-state index in [4.69, 9.17) is 4.74 Å². The van der Waals surface area contributed by atoms with Crippen LogP contribution in [0, 0.1) is 11.3 Å². The lowest BCUT2D eigenvalue weighted by Crippen LogP contribution is -2.58. The highest BCUT2D eigenvalue weighted by Gasteiger charge is 2.39. The second-order valence-electron chi connectivity index (χ2n) is 9.70. The molecule has 0 radical (unpaired) electrons. The van der Waals surface area contributed by atoms with Crippen molar-refractivity contribution in [3.05, 3.63) is 11.6 Å². The summed E-state index contributed by atoms with van der Waals surface area (Å²) in [5.41, 5.74) is 0.0127. The van der Waals surface area contributed by atoms with Gasteiger partial charge in [-0.1, -0.05) is 40.7 Å². The Bertz CT molecular complexity index is 651. The van der Waals surface area contributed by atoms with Gasteiger partial charge in [0.25, 0.3) is 0 Å². The summed E-state index contributed by atoms with van der Waals surface area (Å²) in [6.07, 6.45) is 3.57. The average molecular weight is 424 g/mol. The van der Waals surface area contributed by atoms with E-state index in [1.54, 1.807) is 31.9 Å². The highest BCUT2D eigenvalue weighted by atomic mass is 16.5. The maximum Gasteiger partial charge on any atom is 0.333 e. The van der Waals surface area contributed by atoms with Gasteiger partial charge in [0, 0.05) is 12.6 Å². The number of rotatable bonds is 8. The zero-order valence-corrected chi connectivity index (χ0v) is 20.2. The molecule has 1 heterocycles. The van der Waals surface area contributed by atoms with Gasteiger partial charge in [-0.05, 0) is 51.6 Å². The van der Waals surface area contributed by atoms with Gasteiger partial charge in [-0.25, -0.2) is 4.79 Å². The highest BCUT2D eigenvalue weighted by Crippen LogP contribution is 2.25. The molecule has 30 heavy (non-hydrogen) atoms. The molecule has 1 N–H and O–H groups in total. The lowest BCUT2D eigenvalue weighted by atomic mass is 9.85. The van der Waals surface area contributed by atoms with Crippen molar-refractivity contribution in [1.29, 1.82) is 0 Å². The first kappa shape index (κ1) is 26.1. The van der Waals surface area contributed by atoms with Gasteiger partial charge in [0.1, 0.15) is 6.04 Å². The van der Waals surface area contributed by atoms with Crippen LogP contribution < -0.4 is 5.32 Å². The van der Waals surface area contributed by atoms with Crippen molar-refractivity contribution < 1.29 is 19.1 Å². The lowest BCUT2D eigenvalue weighted by molar-refractivity contribution is -0.141. The standard InChI is InChI=1S/C23H41N3O4/c1-10-30-22(29)16(4)14-18(15(2)3)26(9)21(28)19(23(5,6)7)24-20(27)17-12-11-13-25(17)8/h14-15,17-19H,10-13H2,1-9H3,(H,24,27)/t17?,18-,19-/m1/s1. The molecule has 0 bridgehead atoms. The Hall–Kier alpha value is -1.89. The molecule has 7 nitrogen and oxygen atoms in total. The van der Waals surface area contributed by atoms with Crippen LogP contribution in [0.1, 0.15) is 61.3 Å². The first-order valence-electron chi connectivity index (χ1n) is 10.9. The number of likely N-dealkylation sites (tertiary alicyclic amines) is 1. The van der Waals surface area contributed by atoms with Crippen LogP contribution in [0.5, 0.6) is 0 Å². The van der Waals surface area contributed by atoms with Gasteiger partial charge in [-0.15, -0.1) is 0 Å². The summed E-state index contributed by atoms with van der Waals surface area (Å²) in [4.78, 5) is 42.1. The topological polar surface area (TPSA) is 79.0 Å².